The summed E-state index contributed by atoms with van der Waals surface area (Å²) in [5.74, 6) is 1.94. The SMILES string of the molecule is CCOC(C)=O.COc1ccc(CN2C(=O)CO[C@H](c3cccc(OC)c3C(C)C)c3cc(Cl)ccc32)c(OC)c1. The number of amides is 1. The Labute approximate surface area is 247 Å². The minimum Gasteiger partial charge on any atom is -0.497 e. The van der Waals surface area contributed by atoms with Crippen molar-refractivity contribution in [3.05, 3.63) is 81.9 Å². The monoisotopic (exact) mass is 583 g/mol. The molecular formula is C32H38ClNO7. The van der Waals surface area contributed by atoms with Crippen LogP contribution in [0, 0.1) is 0 Å². The summed E-state index contributed by atoms with van der Waals surface area (Å²) in [5.41, 5.74) is 4.43. The van der Waals surface area contributed by atoms with Gasteiger partial charge in [-0.05, 0) is 54.8 Å². The van der Waals surface area contributed by atoms with E-state index in [0.29, 0.717) is 29.7 Å². The van der Waals surface area contributed by atoms with E-state index in [1.54, 1.807) is 39.2 Å². The lowest BCUT2D eigenvalue weighted by molar-refractivity contribution is -0.140. The summed E-state index contributed by atoms with van der Waals surface area (Å²) in [5, 5.41) is 0.572. The van der Waals surface area contributed by atoms with Gasteiger partial charge in [-0.15, -0.1) is 0 Å². The predicted molar refractivity (Wildman–Crippen MR) is 159 cm³/mol. The Hall–Kier alpha value is -3.75. The molecule has 0 bridgehead atoms. The lowest BCUT2D eigenvalue weighted by atomic mass is 9.89. The van der Waals surface area contributed by atoms with Gasteiger partial charge in [-0.1, -0.05) is 37.6 Å². The Morgan fingerprint density at radius 2 is 1.73 bits per heavy atom. The summed E-state index contributed by atoms with van der Waals surface area (Å²) in [6.45, 7) is 8.12. The fraction of sp³-hybridized carbons (Fsp3) is 0.375. The lowest BCUT2D eigenvalue weighted by Gasteiger charge is -2.26. The molecule has 1 aliphatic heterocycles. The van der Waals surface area contributed by atoms with Crippen LogP contribution in [0.4, 0.5) is 5.69 Å². The minimum absolute atomic E-state index is 0.0792. The average molecular weight is 584 g/mol. The summed E-state index contributed by atoms with van der Waals surface area (Å²) >= 11 is 6.45. The van der Waals surface area contributed by atoms with E-state index in [4.69, 9.17) is 30.5 Å². The number of carbonyl (C=O) groups excluding carboxylic acids is 2. The highest BCUT2D eigenvalue weighted by Gasteiger charge is 2.32. The second-order valence-electron chi connectivity index (χ2n) is 9.59. The highest BCUT2D eigenvalue weighted by atomic mass is 35.5. The molecule has 0 fully saturated rings. The van der Waals surface area contributed by atoms with E-state index in [9.17, 15) is 9.59 Å². The van der Waals surface area contributed by atoms with Gasteiger partial charge in [0.2, 0.25) is 0 Å². The molecule has 4 rings (SSSR count). The molecule has 9 heteroatoms. The van der Waals surface area contributed by atoms with Crippen LogP contribution in [0.2, 0.25) is 5.02 Å². The third-order valence-corrected chi connectivity index (χ3v) is 6.82. The van der Waals surface area contributed by atoms with Gasteiger partial charge in [0.25, 0.3) is 5.91 Å². The molecule has 0 aromatic heterocycles. The normalized spacial score (nSPS) is 14.4. The maximum atomic E-state index is 13.4. The first-order valence-corrected chi connectivity index (χ1v) is 13.7. The Morgan fingerprint density at radius 1 is 1.00 bits per heavy atom. The molecule has 1 amide bonds. The van der Waals surface area contributed by atoms with Crippen molar-refractivity contribution in [1.82, 2.24) is 0 Å². The number of nitrogens with zero attached hydrogens (tertiary/aromatic N) is 1. The Morgan fingerprint density at radius 3 is 2.32 bits per heavy atom. The van der Waals surface area contributed by atoms with Gasteiger partial charge in [0.15, 0.2) is 0 Å². The number of methoxy groups -OCH3 is 3. The number of fused-ring (bicyclic) bond motifs is 1. The summed E-state index contributed by atoms with van der Waals surface area (Å²) in [4.78, 5) is 24.9. The molecule has 8 nitrogen and oxygen atoms in total. The van der Waals surface area contributed by atoms with Gasteiger partial charge in [-0.3, -0.25) is 9.59 Å². The number of esters is 1. The van der Waals surface area contributed by atoms with Crippen molar-refractivity contribution in [3.63, 3.8) is 0 Å². The van der Waals surface area contributed by atoms with Gasteiger partial charge in [0, 0.05) is 34.7 Å². The standard InChI is InChI=1S/C28H30ClNO5.C4H8O2/c1-17(2)27-21(7-6-8-24(27)33-4)28-22-13-19(29)10-12-23(22)30(26(31)16-35-28)15-18-9-11-20(32-3)14-25(18)34-5;1-3-6-4(2)5/h6-14,17,28H,15-16H2,1-5H3;3H2,1-2H3/t28-;/m1./s1. The van der Waals surface area contributed by atoms with Gasteiger partial charge >= 0.3 is 5.97 Å². The van der Waals surface area contributed by atoms with Crippen LogP contribution >= 0.6 is 11.6 Å². The lowest BCUT2D eigenvalue weighted by Crippen LogP contribution is -2.32. The first kappa shape index (κ1) is 31.8. The van der Waals surface area contributed by atoms with Crippen molar-refractivity contribution in [2.45, 2.75) is 46.3 Å². The van der Waals surface area contributed by atoms with Crippen LogP contribution < -0.4 is 19.1 Å². The smallest absolute Gasteiger partial charge is 0.302 e. The Bertz CT molecular complexity index is 1360. The highest BCUT2D eigenvalue weighted by molar-refractivity contribution is 6.30. The van der Waals surface area contributed by atoms with Crippen molar-refractivity contribution in [3.8, 4) is 17.2 Å². The van der Waals surface area contributed by atoms with Gasteiger partial charge in [-0.25, -0.2) is 0 Å². The molecule has 1 heterocycles. The van der Waals surface area contributed by atoms with Crippen LogP contribution in [0.5, 0.6) is 17.2 Å². The quantitative estimate of drug-likeness (QED) is 0.272. The van der Waals surface area contributed by atoms with Crippen LogP contribution in [0.3, 0.4) is 0 Å². The summed E-state index contributed by atoms with van der Waals surface area (Å²) in [6.07, 6.45) is -0.483. The fourth-order valence-corrected chi connectivity index (χ4v) is 4.99. The molecule has 220 valence electrons. The number of ether oxygens (including phenoxy) is 5. The number of benzene rings is 3. The van der Waals surface area contributed by atoms with Gasteiger partial charge < -0.3 is 28.6 Å². The number of hydrogen-bond donors (Lipinski definition) is 0. The molecule has 0 saturated heterocycles. The molecule has 3 aromatic rings. The van der Waals surface area contributed by atoms with E-state index < -0.39 is 6.10 Å². The van der Waals surface area contributed by atoms with Crippen molar-refractivity contribution >= 4 is 29.2 Å². The van der Waals surface area contributed by atoms with Crippen molar-refractivity contribution in [1.29, 1.82) is 0 Å². The number of carbonyl (C=O) groups is 2. The van der Waals surface area contributed by atoms with E-state index in [-0.39, 0.29) is 24.4 Å². The maximum absolute atomic E-state index is 13.4. The Balaban J connectivity index is 0.000000696. The van der Waals surface area contributed by atoms with E-state index in [1.807, 2.05) is 48.5 Å². The first-order chi connectivity index (χ1) is 19.6. The topological polar surface area (TPSA) is 83.5 Å². The molecular weight excluding hydrogens is 546 g/mol. The van der Waals surface area contributed by atoms with E-state index >= 15 is 0 Å². The summed E-state index contributed by atoms with van der Waals surface area (Å²) in [6, 6.07) is 17.0. The molecule has 0 saturated carbocycles. The minimum atomic E-state index is -0.483. The van der Waals surface area contributed by atoms with Gasteiger partial charge in [-0.2, -0.15) is 0 Å². The van der Waals surface area contributed by atoms with Crippen LogP contribution in [-0.4, -0.2) is 46.4 Å². The summed E-state index contributed by atoms with van der Waals surface area (Å²) in [7, 11) is 4.87. The van der Waals surface area contributed by atoms with Crippen molar-refractivity contribution in [2.75, 3.05) is 39.4 Å². The van der Waals surface area contributed by atoms with Crippen molar-refractivity contribution in [2.24, 2.45) is 0 Å². The van der Waals surface area contributed by atoms with E-state index in [0.717, 1.165) is 33.7 Å². The molecule has 1 atom stereocenters. The second-order valence-corrected chi connectivity index (χ2v) is 10.0. The molecule has 0 radical (unpaired) electrons. The zero-order valence-electron chi connectivity index (χ0n) is 24.7. The first-order valence-electron chi connectivity index (χ1n) is 13.4. The molecule has 41 heavy (non-hydrogen) atoms. The fourth-order valence-electron chi connectivity index (χ4n) is 4.81. The Kier molecular flexibility index (Phi) is 11.4. The van der Waals surface area contributed by atoms with Gasteiger partial charge in [0.05, 0.1) is 40.2 Å². The largest absolute Gasteiger partial charge is 0.497 e. The van der Waals surface area contributed by atoms with Gasteiger partial charge in [0.1, 0.15) is 30.0 Å². The van der Waals surface area contributed by atoms with E-state index in [1.165, 1.54) is 6.92 Å². The average Bonchev–Trinajstić information content (AvgIpc) is 3.08. The molecule has 1 aliphatic rings. The van der Waals surface area contributed by atoms with Crippen LogP contribution in [0.25, 0.3) is 0 Å². The van der Waals surface area contributed by atoms with Crippen LogP contribution in [-0.2, 0) is 25.6 Å². The third-order valence-electron chi connectivity index (χ3n) is 6.59. The molecule has 0 spiro atoms. The highest BCUT2D eigenvalue weighted by Crippen LogP contribution is 2.43. The molecule has 0 unspecified atom stereocenters. The van der Waals surface area contributed by atoms with Crippen LogP contribution in [0.1, 0.15) is 62.0 Å². The van der Waals surface area contributed by atoms with Crippen molar-refractivity contribution < 1.29 is 33.3 Å². The predicted octanol–water partition coefficient (Wildman–Crippen LogP) is 6.71. The summed E-state index contributed by atoms with van der Waals surface area (Å²) < 4.78 is 27.2. The zero-order chi connectivity index (χ0) is 30.1. The maximum Gasteiger partial charge on any atom is 0.302 e. The second kappa shape index (κ2) is 14.8. The number of hydrogen-bond acceptors (Lipinski definition) is 7. The molecule has 0 N–H and O–H groups in total. The number of anilines is 1. The molecule has 0 aliphatic carbocycles. The van der Waals surface area contributed by atoms with E-state index in [2.05, 4.69) is 18.6 Å². The third kappa shape index (κ3) is 7.71. The number of rotatable bonds is 8. The number of halogens is 1. The molecule has 3 aromatic carbocycles. The zero-order valence-corrected chi connectivity index (χ0v) is 25.4. The van der Waals surface area contributed by atoms with Crippen LogP contribution in [0.15, 0.2) is 54.6 Å².